The van der Waals surface area contributed by atoms with Crippen LogP contribution in [0.25, 0.3) is 0 Å². The Balaban J connectivity index is 1.99. The number of hydrogen-bond acceptors (Lipinski definition) is 7. The molecule has 2 rings (SSSR count). The minimum atomic E-state index is -0.790. The van der Waals surface area contributed by atoms with Gasteiger partial charge in [-0.1, -0.05) is 0 Å². The summed E-state index contributed by atoms with van der Waals surface area (Å²) in [6.45, 7) is 2.99. The zero-order valence-corrected chi connectivity index (χ0v) is 15.8. The van der Waals surface area contributed by atoms with Crippen molar-refractivity contribution in [2.75, 3.05) is 13.7 Å². The molecule has 0 aliphatic heterocycles. The van der Waals surface area contributed by atoms with Crippen molar-refractivity contribution in [1.82, 2.24) is 14.1 Å². The predicted molar refractivity (Wildman–Crippen MR) is 97.2 cm³/mol. The molecule has 0 aliphatic carbocycles. The summed E-state index contributed by atoms with van der Waals surface area (Å²) in [5.41, 5.74) is 0.504. The van der Waals surface area contributed by atoms with Crippen molar-refractivity contribution in [1.29, 1.82) is 0 Å². The van der Waals surface area contributed by atoms with Gasteiger partial charge in [-0.2, -0.15) is 0 Å². The lowest BCUT2D eigenvalue weighted by Gasteiger charge is -2.09. The highest BCUT2D eigenvalue weighted by molar-refractivity contribution is 5.99. The monoisotopic (exact) mass is 391 g/mol. The Bertz CT molecular complexity index is 1010. The Morgan fingerprint density at radius 2 is 1.86 bits per heavy atom. The van der Waals surface area contributed by atoms with E-state index >= 15 is 0 Å². The number of esters is 2. The zero-order valence-electron chi connectivity index (χ0n) is 15.8. The average molecular weight is 391 g/mol. The molecule has 2 aromatic heterocycles. The van der Waals surface area contributed by atoms with Crippen LogP contribution in [0.3, 0.4) is 0 Å². The largest absolute Gasteiger partial charge is 0.469 e. The van der Waals surface area contributed by atoms with Gasteiger partial charge < -0.3 is 14.0 Å². The first kappa shape index (κ1) is 20.9. The van der Waals surface area contributed by atoms with Crippen molar-refractivity contribution in [2.45, 2.75) is 33.4 Å². The third-order valence-corrected chi connectivity index (χ3v) is 4.20. The molecule has 0 amide bonds. The van der Waals surface area contributed by atoms with Crippen LogP contribution in [0.1, 0.15) is 28.2 Å². The Kier molecular flexibility index (Phi) is 6.69. The minimum Gasteiger partial charge on any atom is -0.469 e. The number of carbonyl (C=O) groups is 3. The molecule has 150 valence electrons. The summed E-state index contributed by atoms with van der Waals surface area (Å²) in [6, 6.07) is 2.76. The van der Waals surface area contributed by atoms with Gasteiger partial charge in [0.2, 0.25) is 5.78 Å². The standard InChI is InChI=1S/C18H21N3O7/c1-11-8-13(12(2)21(11)7-5-16(24)27-3)14(22)10-28-17(25)9-20-6-4-15(23)19-18(20)26/h4,6,8H,5,7,9-10H2,1-3H3,(H,19,23,26). The molecular formula is C18H21N3O7. The van der Waals surface area contributed by atoms with Gasteiger partial charge >= 0.3 is 17.6 Å². The number of methoxy groups -OCH3 is 1. The van der Waals surface area contributed by atoms with E-state index in [1.807, 2.05) is 9.55 Å². The quantitative estimate of drug-likeness (QED) is 0.493. The van der Waals surface area contributed by atoms with E-state index in [9.17, 15) is 24.0 Å². The third kappa shape index (κ3) is 5.06. The number of hydrogen-bond donors (Lipinski definition) is 1. The van der Waals surface area contributed by atoms with Crippen LogP contribution in [-0.2, 0) is 32.2 Å². The summed E-state index contributed by atoms with van der Waals surface area (Å²) in [7, 11) is 1.31. The van der Waals surface area contributed by atoms with Gasteiger partial charge in [-0.15, -0.1) is 0 Å². The fourth-order valence-corrected chi connectivity index (χ4v) is 2.71. The van der Waals surface area contributed by atoms with Crippen LogP contribution in [0.4, 0.5) is 0 Å². The number of Topliss-reactive ketones (excluding diaryl/α,β-unsaturated/α-hetero) is 1. The van der Waals surface area contributed by atoms with Crippen molar-refractivity contribution in [3.8, 4) is 0 Å². The van der Waals surface area contributed by atoms with Gasteiger partial charge in [-0.05, 0) is 19.9 Å². The zero-order chi connectivity index (χ0) is 20.8. The number of carbonyl (C=O) groups excluding carboxylic acids is 3. The number of H-pyrrole nitrogens is 1. The summed E-state index contributed by atoms with van der Waals surface area (Å²) in [6.07, 6.45) is 1.34. The number of aromatic amines is 1. The SMILES string of the molecule is COC(=O)CCn1c(C)cc(C(=O)COC(=O)Cn2ccc(=O)[nH]c2=O)c1C. The summed E-state index contributed by atoms with van der Waals surface area (Å²) < 4.78 is 12.3. The van der Waals surface area contributed by atoms with Crippen molar-refractivity contribution < 1.29 is 23.9 Å². The van der Waals surface area contributed by atoms with Crippen LogP contribution in [-0.4, -0.2) is 45.6 Å². The summed E-state index contributed by atoms with van der Waals surface area (Å²) in [4.78, 5) is 60.2. The second-order valence-corrected chi connectivity index (χ2v) is 6.08. The first-order chi connectivity index (χ1) is 13.2. The molecule has 0 saturated carbocycles. The van der Waals surface area contributed by atoms with E-state index in [2.05, 4.69) is 4.74 Å². The molecule has 2 heterocycles. The maximum Gasteiger partial charge on any atom is 0.328 e. The second-order valence-electron chi connectivity index (χ2n) is 6.08. The highest BCUT2D eigenvalue weighted by Crippen LogP contribution is 2.16. The molecule has 0 atom stereocenters. The maximum atomic E-state index is 12.4. The molecule has 0 radical (unpaired) electrons. The van der Waals surface area contributed by atoms with E-state index in [-0.39, 0.29) is 12.4 Å². The van der Waals surface area contributed by atoms with E-state index in [1.165, 1.54) is 13.3 Å². The van der Waals surface area contributed by atoms with E-state index in [4.69, 9.17) is 4.74 Å². The first-order valence-electron chi connectivity index (χ1n) is 8.45. The molecule has 0 aromatic carbocycles. The summed E-state index contributed by atoms with van der Waals surface area (Å²) in [5, 5.41) is 0. The fraction of sp³-hybridized carbons (Fsp3) is 0.389. The van der Waals surface area contributed by atoms with Crippen molar-refractivity contribution in [3.63, 3.8) is 0 Å². The van der Waals surface area contributed by atoms with Crippen molar-refractivity contribution in [2.24, 2.45) is 0 Å². The predicted octanol–water partition coefficient (Wildman–Crippen LogP) is -0.0559. The number of ether oxygens (including phenoxy) is 2. The number of aromatic nitrogens is 3. The molecule has 0 bridgehead atoms. The average Bonchev–Trinajstić information content (AvgIpc) is 2.94. The minimum absolute atomic E-state index is 0.170. The molecule has 0 spiro atoms. The molecule has 1 N–H and O–H groups in total. The van der Waals surface area contributed by atoms with Crippen LogP contribution >= 0.6 is 0 Å². The number of ketones is 1. The van der Waals surface area contributed by atoms with Gasteiger partial charge in [-0.25, -0.2) is 4.79 Å². The van der Waals surface area contributed by atoms with Crippen LogP contribution < -0.4 is 11.2 Å². The molecule has 0 saturated heterocycles. The fourth-order valence-electron chi connectivity index (χ4n) is 2.71. The molecule has 0 fully saturated rings. The second kappa shape index (κ2) is 8.98. The number of nitrogens with one attached hydrogen (secondary N) is 1. The number of aryl methyl sites for hydroxylation is 1. The van der Waals surface area contributed by atoms with Crippen molar-refractivity contribution in [3.05, 3.63) is 56.1 Å². The van der Waals surface area contributed by atoms with Gasteiger partial charge in [0.25, 0.3) is 5.56 Å². The van der Waals surface area contributed by atoms with E-state index in [0.717, 1.165) is 16.3 Å². The topological polar surface area (TPSA) is 129 Å². The normalized spacial score (nSPS) is 10.5. The molecule has 28 heavy (non-hydrogen) atoms. The molecule has 0 aliphatic rings. The van der Waals surface area contributed by atoms with Gasteiger partial charge in [0.1, 0.15) is 6.54 Å². The number of rotatable bonds is 8. The first-order valence-corrected chi connectivity index (χ1v) is 8.45. The molecule has 10 heteroatoms. The van der Waals surface area contributed by atoms with Crippen LogP contribution in [0.2, 0.25) is 0 Å². The highest BCUT2D eigenvalue weighted by atomic mass is 16.5. The molecule has 0 unspecified atom stereocenters. The highest BCUT2D eigenvalue weighted by Gasteiger charge is 2.18. The Labute approximate surface area is 159 Å². The van der Waals surface area contributed by atoms with Crippen molar-refractivity contribution >= 4 is 17.7 Å². The van der Waals surface area contributed by atoms with Gasteiger partial charge in [0.15, 0.2) is 6.61 Å². The maximum absolute atomic E-state index is 12.4. The molecule has 10 nitrogen and oxygen atoms in total. The van der Waals surface area contributed by atoms with Crippen LogP contribution in [0.15, 0.2) is 27.9 Å². The lowest BCUT2D eigenvalue weighted by atomic mass is 10.1. The van der Waals surface area contributed by atoms with E-state index in [1.54, 1.807) is 19.9 Å². The molecule has 2 aromatic rings. The number of nitrogens with zero attached hydrogens (tertiary/aromatic N) is 2. The van der Waals surface area contributed by atoms with Gasteiger partial charge in [0.05, 0.1) is 13.5 Å². The van der Waals surface area contributed by atoms with Gasteiger partial charge in [0, 0.05) is 35.8 Å². The van der Waals surface area contributed by atoms with Crippen LogP contribution in [0, 0.1) is 13.8 Å². The lowest BCUT2D eigenvalue weighted by Crippen LogP contribution is -2.31. The third-order valence-electron chi connectivity index (χ3n) is 4.20. The van der Waals surface area contributed by atoms with E-state index < -0.39 is 36.2 Å². The summed E-state index contributed by atoms with van der Waals surface area (Å²) in [5.74, 6) is -1.55. The lowest BCUT2D eigenvalue weighted by molar-refractivity contribution is -0.143. The Hall–Kier alpha value is -3.43. The van der Waals surface area contributed by atoms with Gasteiger partial charge in [-0.3, -0.25) is 28.7 Å². The smallest absolute Gasteiger partial charge is 0.328 e. The Morgan fingerprint density at radius 1 is 1.14 bits per heavy atom. The van der Waals surface area contributed by atoms with E-state index in [0.29, 0.717) is 17.8 Å². The summed E-state index contributed by atoms with van der Waals surface area (Å²) >= 11 is 0. The Morgan fingerprint density at radius 3 is 2.50 bits per heavy atom. The molecular weight excluding hydrogens is 370 g/mol. The van der Waals surface area contributed by atoms with Crippen LogP contribution in [0.5, 0.6) is 0 Å².